The van der Waals surface area contributed by atoms with E-state index in [2.05, 4.69) is 0 Å². The second-order valence-corrected chi connectivity index (χ2v) is 4.65. The van der Waals surface area contributed by atoms with Crippen molar-refractivity contribution in [3.8, 4) is 0 Å². The zero-order valence-corrected chi connectivity index (χ0v) is 8.08. The highest BCUT2D eigenvalue weighted by molar-refractivity contribution is 7.83. The third-order valence-electron chi connectivity index (χ3n) is 1.30. The number of carbonyl (C=O) groups is 1. The molecule has 0 aliphatic heterocycles. The molecule has 1 aromatic heterocycles. The number of carboxylic acid groups (broad SMARTS) is 1. The van der Waals surface area contributed by atoms with Crippen molar-refractivity contribution in [1.29, 1.82) is 0 Å². The van der Waals surface area contributed by atoms with Crippen LogP contribution in [-0.2, 0) is 16.6 Å². The number of rotatable bonds is 3. The Labute approximate surface area is 76.5 Å². The van der Waals surface area contributed by atoms with Gasteiger partial charge in [0.05, 0.1) is 0 Å². The first kappa shape index (κ1) is 9.41. The third-order valence-corrected chi connectivity index (χ3v) is 2.96. The van der Waals surface area contributed by atoms with Crippen LogP contribution in [0.25, 0.3) is 0 Å². The smallest absolute Gasteiger partial charge is 0.346 e. The van der Waals surface area contributed by atoms with Gasteiger partial charge in [-0.15, -0.1) is 11.3 Å². The maximum absolute atomic E-state index is 10.8. The van der Waals surface area contributed by atoms with Gasteiger partial charge >= 0.3 is 5.97 Å². The summed E-state index contributed by atoms with van der Waals surface area (Å²) < 4.78 is 10.8. The minimum atomic E-state index is -0.978. The molecule has 0 aromatic carbocycles. The molecule has 5 heteroatoms. The van der Waals surface area contributed by atoms with E-state index in [1.165, 1.54) is 11.3 Å². The summed E-state index contributed by atoms with van der Waals surface area (Å²) in [4.78, 5) is 10.9. The Kier molecular flexibility index (Phi) is 2.99. The number of aromatic carboxylic acids is 1. The molecule has 0 saturated carbocycles. The highest BCUT2D eigenvalue weighted by Gasteiger charge is 2.11. The molecule has 0 saturated heterocycles. The van der Waals surface area contributed by atoms with Crippen molar-refractivity contribution in [2.75, 3.05) is 6.26 Å². The molecule has 1 heterocycles. The molecular formula is C7H8O3S2. The van der Waals surface area contributed by atoms with E-state index in [4.69, 9.17) is 5.11 Å². The molecule has 1 rings (SSSR count). The van der Waals surface area contributed by atoms with Crippen LogP contribution in [0.5, 0.6) is 0 Å². The fraction of sp³-hybridized carbons (Fsp3) is 0.286. The Balaban J connectivity index is 2.91. The summed E-state index contributed by atoms with van der Waals surface area (Å²) in [6.07, 6.45) is 1.56. The number of hydrogen-bond donors (Lipinski definition) is 1. The molecule has 0 fully saturated rings. The van der Waals surface area contributed by atoms with E-state index in [0.29, 0.717) is 16.2 Å². The second kappa shape index (κ2) is 3.82. The van der Waals surface area contributed by atoms with Crippen LogP contribution in [-0.4, -0.2) is 21.5 Å². The molecule has 1 unspecified atom stereocenters. The van der Waals surface area contributed by atoms with Gasteiger partial charge in [-0.2, -0.15) is 0 Å². The molecule has 66 valence electrons. The Bertz CT molecular complexity index is 316. The highest BCUT2D eigenvalue weighted by atomic mass is 32.2. The Hall–Kier alpha value is -0.680. The van der Waals surface area contributed by atoms with Gasteiger partial charge in [-0.3, -0.25) is 4.21 Å². The van der Waals surface area contributed by atoms with Crippen LogP contribution in [0.3, 0.4) is 0 Å². The van der Waals surface area contributed by atoms with Crippen LogP contribution >= 0.6 is 11.3 Å². The van der Waals surface area contributed by atoms with Crippen molar-refractivity contribution in [1.82, 2.24) is 0 Å². The van der Waals surface area contributed by atoms with Crippen LogP contribution in [0.4, 0.5) is 0 Å². The lowest BCUT2D eigenvalue weighted by Crippen LogP contribution is -1.99. The van der Waals surface area contributed by atoms with Gasteiger partial charge < -0.3 is 5.11 Å². The molecule has 0 aliphatic carbocycles. The normalized spacial score (nSPS) is 12.8. The summed E-state index contributed by atoms with van der Waals surface area (Å²) in [6.45, 7) is 0. The average Bonchev–Trinajstić information content (AvgIpc) is 2.33. The topological polar surface area (TPSA) is 54.4 Å². The van der Waals surface area contributed by atoms with E-state index in [-0.39, 0.29) is 0 Å². The van der Waals surface area contributed by atoms with Gasteiger partial charge in [-0.25, -0.2) is 4.79 Å². The fourth-order valence-electron chi connectivity index (χ4n) is 0.856. The van der Waals surface area contributed by atoms with Gasteiger partial charge in [0.2, 0.25) is 0 Å². The predicted molar refractivity (Wildman–Crippen MR) is 49.0 cm³/mol. The largest absolute Gasteiger partial charge is 0.477 e. The Morgan fingerprint density at radius 2 is 2.42 bits per heavy atom. The SMILES string of the molecule is CS(=O)Cc1ccsc1C(=O)O. The van der Waals surface area contributed by atoms with E-state index >= 15 is 0 Å². The van der Waals surface area contributed by atoms with E-state index in [1.54, 1.807) is 17.7 Å². The lowest BCUT2D eigenvalue weighted by molar-refractivity contribution is 0.0701. The third kappa shape index (κ3) is 2.15. The van der Waals surface area contributed by atoms with Gasteiger partial charge in [-0.1, -0.05) is 0 Å². The van der Waals surface area contributed by atoms with Gasteiger partial charge in [0.1, 0.15) is 4.88 Å². The van der Waals surface area contributed by atoms with E-state index < -0.39 is 16.8 Å². The molecule has 12 heavy (non-hydrogen) atoms. The summed E-state index contributed by atoms with van der Waals surface area (Å²) in [5.41, 5.74) is 0.660. The van der Waals surface area contributed by atoms with E-state index in [1.807, 2.05) is 0 Å². The van der Waals surface area contributed by atoms with Crippen molar-refractivity contribution in [2.45, 2.75) is 5.75 Å². The summed E-state index contributed by atoms with van der Waals surface area (Å²) in [7, 11) is -0.978. The second-order valence-electron chi connectivity index (χ2n) is 2.30. The zero-order chi connectivity index (χ0) is 9.14. The highest BCUT2D eigenvalue weighted by Crippen LogP contribution is 2.17. The molecule has 0 aliphatic rings. The molecule has 3 nitrogen and oxygen atoms in total. The minimum Gasteiger partial charge on any atom is -0.477 e. The van der Waals surface area contributed by atoms with E-state index in [9.17, 15) is 9.00 Å². The lowest BCUT2D eigenvalue weighted by atomic mass is 10.3. The van der Waals surface area contributed by atoms with Crippen LogP contribution < -0.4 is 0 Å². The molecule has 1 aromatic rings. The first-order valence-electron chi connectivity index (χ1n) is 3.21. The summed E-state index contributed by atoms with van der Waals surface area (Å²) in [6, 6.07) is 1.70. The molecule has 0 radical (unpaired) electrons. The number of carboxylic acids is 1. The summed E-state index contributed by atoms with van der Waals surface area (Å²) >= 11 is 1.17. The van der Waals surface area contributed by atoms with Crippen molar-refractivity contribution >= 4 is 28.1 Å². The molecule has 1 atom stereocenters. The summed E-state index contributed by atoms with van der Waals surface area (Å²) in [5.74, 6) is -0.615. The standard InChI is InChI=1S/C7H8O3S2/c1-12(10)4-5-2-3-11-6(5)7(8)9/h2-3H,4H2,1H3,(H,8,9). The lowest BCUT2D eigenvalue weighted by Gasteiger charge is -1.95. The first-order valence-corrected chi connectivity index (χ1v) is 5.81. The van der Waals surface area contributed by atoms with Crippen molar-refractivity contribution in [3.63, 3.8) is 0 Å². The molecule has 0 spiro atoms. The summed E-state index contributed by atoms with van der Waals surface area (Å²) in [5, 5.41) is 10.4. The number of thiophene rings is 1. The zero-order valence-electron chi connectivity index (χ0n) is 6.44. The Morgan fingerprint density at radius 3 is 2.92 bits per heavy atom. The van der Waals surface area contributed by atoms with Crippen molar-refractivity contribution in [3.05, 3.63) is 21.9 Å². The van der Waals surface area contributed by atoms with Gasteiger partial charge in [0, 0.05) is 22.8 Å². The van der Waals surface area contributed by atoms with Gasteiger partial charge in [0.25, 0.3) is 0 Å². The number of hydrogen-bond acceptors (Lipinski definition) is 3. The Morgan fingerprint density at radius 1 is 1.75 bits per heavy atom. The van der Waals surface area contributed by atoms with Gasteiger partial charge in [-0.05, 0) is 17.0 Å². The van der Waals surface area contributed by atoms with Crippen LogP contribution in [0.2, 0.25) is 0 Å². The van der Waals surface area contributed by atoms with Gasteiger partial charge in [0.15, 0.2) is 0 Å². The maximum atomic E-state index is 10.8. The maximum Gasteiger partial charge on any atom is 0.346 e. The average molecular weight is 204 g/mol. The van der Waals surface area contributed by atoms with Crippen LogP contribution in [0.1, 0.15) is 15.2 Å². The molecular weight excluding hydrogens is 196 g/mol. The molecule has 0 bridgehead atoms. The minimum absolute atomic E-state index is 0.296. The first-order chi connectivity index (χ1) is 5.61. The molecule has 0 amide bonds. The van der Waals surface area contributed by atoms with E-state index in [0.717, 1.165) is 0 Å². The van der Waals surface area contributed by atoms with Crippen molar-refractivity contribution in [2.24, 2.45) is 0 Å². The van der Waals surface area contributed by atoms with Crippen LogP contribution in [0, 0.1) is 0 Å². The molecule has 1 N–H and O–H groups in total. The monoisotopic (exact) mass is 204 g/mol. The quantitative estimate of drug-likeness (QED) is 0.808. The van der Waals surface area contributed by atoms with Crippen molar-refractivity contribution < 1.29 is 14.1 Å². The predicted octanol–water partition coefficient (Wildman–Crippen LogP) is 1.32. The van der Waals surface area contributed by atoms with Crippen LogP contribution in [0.15, 0.2) is 11.4 Å². The fourth-order valence-corrected chi connectivity index (χ4v) is 2.39.